The predicted molar refractivity (Wildman–Crippen MR) is 217 cm³/mol. The topological polar surface area (TPSA) is 47.6 Å². The van der Waals surface area contributed by atoms with Crippen molar-refractivity contribution in [3.8, 4) is 12.1 Å². The van der Waals surface area contributed by atoms with Gasteiger partial charge in [-0.15, -0.1) is 0 Å². The number of hydrogen-bond acceptors (Lipinski definition) is 2. The first-order valence-corrected chi connectivity index (χ1v) is 20.5. The van der Waals surface area contributed by atoms with Crippen LogP contribution in [0.3, 0.4) is 0 Å². The molecule has 260 valence electrons. The fraction of sp³-hybridized carbons (Fsp3) is 0.500. The maximum absolute atomic E-state index is 10.6. The highest BCUT2D eigenvalue weighted by atomic mass is 14.3. The van der Waals surface area contributed by atoms with Gasteiger partial charge in [0.25, 0.3) is 0 Å². The SMILES string of the molecule is CCCCCCCCCCCCc1cc2c(C#N)c(C#N)c3cc(CCCCCCCCCCCC)c4cccc5c6cccc1c6c2c3c45. The van der Waals surface area contributed by atoms with Gasteiger partial charge in [-0.3, -0.25) is 0 Å². The van der Waals surface area contributed by atoms with Gasteiger partial charge in [-0.2, -0.15) is 10.5 Å². The lowest BCUT2D eigenvalue weighted by Crippen LogP contribution is -2.00. The summed E-state index contributed by atoms with van der Waals surface area (Å²) in [6.45, 7) is 4.56. The van der Waals surface area contributed by atoms with Gasteiger partial charge in [-0.05, 0) is 81.3 Å². The molecule has 0 bridgehead atoms. The van der Waals surface area contributed by atoms with Crippen molar-refractivity contribution in [2.45, 2.75) is 155 Å². The lowest BCUT2D eigenvalue weighted by atomic mass is 9.79. The van der Waals surface area contributed by atoms with Crippen LogP contribution in [0.15, 0.2) is 48.5 Å². The maximum Gasteiger partial charge on any atom is 0.101 e. The minimum absolute atomic E-state index is 0.555. The molecule has 0 saturated heterocycles. The fourth-order valence-electron chi connectivity index (χ4n) is 8.98. The molecule has 0 heterocycles. The molecule has 6 aromatic rings. The Labute approximate surface area is 301 Å². The number of benzene rings is 6. The smallest absolute Gasteiger partial charge is 0.101 e. The Balaban J connectivity index is 1.29. The average Bonchev–Trinajstić information content (AvgIpc) is 3.14. The fourth-order valence-corrected chi connectivity index (χ4v) is 8.98. The van der Waals surface area contributed by atoms with Crippen molar-refractivity contribution in [3.05, 3.63) is 70.8 Å². The van der Waals surface area contributed by atoms with Crippen molar-refractivity contribution in [3.63, 3.8) is 0 Å². The van der Waals surface area contributed by atoms with E-state index in [9.17, 15) is 10.5 Å². The van der Waals surface area contributed by atoms with Crippen molar-refractivity contribution < 1.29 is 0 Å². The maximum atomic E-state index is 10.6. The summed E-state index contributed by atoms with van der Waals surface area (Å²) < 4.78 is 0. The van der Waals surface area contributed by atoms with Crippen molar-refractivity contribution in [2.75, 3.05) is 0 Å². The molecule has 0 aliphatic rings. The molecule has 0 aliphatic carbocycles. The van der Waals surface area contributed by atoms with Gasteiger partial charge in [0, 0.05) is 21.5 Å². The number of nitriles is 2. The number of rotatable bonds is 22. The molecule has 0 unspecified atom stereocenters. The van der Waals surface area contributed by atoms with E-state index in [1.807, 2.05) is 0 Å². The molecule has 0 amide bonds. The third kappa shape index (κ3) is 7.57. The summed E-state index contributed by atoms with van der Waals surface area (Å²) in [4.78, 5) is 0. The molecule has 0 saturated carbocycles. The third-order valence-corrected chi connectivity index (χ3v) is 11.6. The van der Waals surface area contributed by atoms with Crippen LogP contribution in [-0.2, 0) is 12.8 Å². The highest BCUT2D eigenvalue weighted by molar-refractivity contribution is 6.41. The summed E-state index contributed by atoms with van der Waals surface area (Å²) in [6.07, 6.45) is 28.4. The van der Waals surface area contributed by atoms with Gasteiger partial charge in [0.2, 0.25) is 0 Å². The molecule has 0 atom stereocenters. The van der Waals surface area contributed by atoms with Crippen LogP contribution >= 0.6 is 0 Å². The highest BCUT2D eigenvalue weighted by Gasteiger charge is 2.25. The Hall–Kier alpha value is -3.88. The molecule has 6 aromatic carbocycles. The first kappa shape index (κ1) is 35.9. The van der Waals surface area contributed by atoms with E-state index in [0.717, 1.165) is 36.5 Å². The normalized spacial score (nSPS) is 11.9. The van der Waals surface area contributed by atoms with Crippen LogP contribution < -0.4 is 0 Å². The van der Waals surface area contributed by atoms with Crippen molar-refractivity contribution in [1.82, 2.24) is 0 Å². The van der Waals surface area contributed by atoms with Crippen molar-refractivity contribution >= 4 is 53.9 Å². The number of aryl methyl sites for hydroxylation is 2. The minimum Gasteiger partial charge on any atom is -0.192 e. The van der Waals surface area contributed by atoms with Gasteiger partial charge in [0.15, 0.2) is 0 Å². The molecule has 0 spiro atoms. The van der Waals surface area contributed by atoms with Crippen LogP contribution in [0.5, 0.6) is 0 Å². The Morgan fingerprint density at radius 3 is 1.04 bits per heavy atom. The molecule has 0 N–H and O–H groups in total. The molecule has 2 heteroatoms. The summed E-state index contributed by atoms with van der Waals surface area (Å²) in [5, 5.41) is 33.3. The Bertz CT molecular complexity index is 1920. The molecule has 0 fully saturated rings. The molecule has 6 rings (SSSR count). The van der Waals surface area contributed by atoms with E-state index < -0.39 is 0 Å². The lowest BCUT2D eigenvalue weighted by molar-refractivity contribution is 0.556. The first-order chi connectivity index (χ1) is 24.7. The van der Waals surface area contributed by atoms with Gasteiger partial charge >= 0.3 is 0 Å². The Kier molecular flexibility index (Phi) is 12.8. The monoisotopic (exact) mass is 662 g/mol. The second kappa shape index (κ2) is 17.9. The van der Waals surface area contributed by atoms with Gasteiger partial charge in [-0.25, -0.2) is 0 Å². The Morgan fingerprint density at radius 1 is 0.380 bits per heavy atom. The predicted octanol–water partition coefficient (Wildman–Crippen LogP) is 15.0. The van der Waals surface area contributed by atoms with E-state index >= 15 is 0 Å². The molecular formula is C48H58N2. The van der Waals surface area contributed by atoms with E-state index in [0.29, 0.717) is 11.1 Å². The number of fused-ring (bicyclic) bond motifs is 1. The minimum atomic E-state index is 0.555. The molecule has 50 heavy (non-hydrogen) atoms. The number of hydrogen-bond donors (Lipinski definition) is 0. The van der Waals surface area contributed by atoms with Crippen molar-refractivity contribution in [2.24, 2.45) is 0 Å². The number of nitrogens with zero attached hydrogens (tertiary/aromatic N) is 2. The molecule has 2 nitrogen and oxygen atoms in total. The zero-order chi connectivity index (χ0) is 34.7. The summed E-state index contributed by atoms with van der Waals surface area (Å²) in [5.41, 5.74) is 3.75. The zero-order valence-corrected chi connectivity index (χ0v) is 31.1. The molecule has 0 aromatic heterocycles. The van der Waals surface area contributed by atoms with Gasteiger partial charge in [0.1, 0.15) is 12.1 Å². The summed E-state index contributed by atoms with van der Waals surface area (Å²) >= 11 is 0. The molecule has 0 aliphatic heterocycles. The van der Waals surface area contributed by atoms with Crippen molar-refractivity contribution in [1.29, 1.82) is 10.5 Å². The summed E-state index contributed by atoms with van der Waals surface area (Å²) in [5.74, 6) is 0. The van der Waals surface area contributed by atoms with Gasteiger partial charge < -0.3 is 0 Å². The van der Waals surface area contributed by atoms with Crippen LogP contribution in [0.25, 0.3) is 53.9 Å². The third-order valence-electron chi connectivity index (χ3n) is 11.6. The van der Waals surface area contributed by atoms with Crippen LogP contribution in [0.2, 0.25) is 0 Å². The number of unbranched alkanes of at least 4 members (excludes halogenated alkanes) is 18. The lowest BCUT2D eigenvalue weighted by Gasteiger charge is -2.23. The van der Waals surface area contributed by atoms with Gasteiger partial charge in [0.05, 0.1) is 11.1 Å². The van der Waals surface area contributed by atoms with Crippen LogP contribution in [0.4, 0.5) is 0 Å². The quantitative estimate of drug-likeness (QED) is 0.0412. The van der Waals surface area contributed by atoms with Crippen LogP contribution in [0, 0.1) is 22.7 Å². The largest absolute Gasteiger partial charge is 0.192 e. The van der Waals surface area contributed by atoms with E-state index in [4.69, 9.17) is 0 Å². The van der Waals surface area contributed by atoms with E-state index in [1.165, 1.54) is 170 Å². The summed E-state index contributed by atoms with van der Waals surface area (Å²) in [6, 6.07) is 23.3. The highest BCUT2D eigenvalue weighted by Crippen LogP contribution is 2.49. The van der Waals surface area contributed by atoms with Gasteiger partial charge in [-0.1, -0.05) is 166 Å². The van der Waals surface area contributed by atoms with Crippen LogP contribution in [0.1, 0.15) is 165 Å². The van der Waals surface area contributed by atoms with E-state index in [1.54, 1.807) is 0 Å². The molecule has 0 radical (unpaired) electrons. The Morgan fingerprint density at radius 2 is 0.700 bits per heavy atom. The zero-order valence-electron chi connectivity index (χ0n) is 31.1. The first-order valence-electron chi connectivity index (χ1n) is 20.5. The second-order valence-electron chi connectivity index (χ2n) is 15.2. The van der Waals surface area contributed by atoms with Crippen LogP contribution in [-0.4, -0.2) is 0 Å². The standard InChI is InChI=1S/C48H58N2/c1-3-5-7-9-11-13-15-17-19-21-25-35-31-41-43(33-49)44(34-50)42-32-36(26-22-20-18-16-14-12-10-8-6-4-2)38-28-24-30-40-39-29-23-27-37(35)45(39)47(41)48(42)46(38)40/h23-24,27-32H,3-22,25-26H2,1-2H3. The van der Waals surface area contributed by atoms with E-state index in [2.05, 4.69) is 74.5 Å². The second-order valence-corrected chi connectivity index (χ2v) is 15.2. The average molecular weight is 663 g/mol. The summed E-state index contributed by atoms with van der Waals surface area (Å²) in [7, 11) is 0. The van der Waals surface area contributed by atoms with E-state index in [-0.39, 0.29) is 0 Å². The molecular weight excluding hydrogens is 605 g/mol.